The van der Waals surface area contributed by atoms with E-state index in [-0.39, 0.29) is 22.7 Å². The standard InChI is InChI=1S/C27H25N3O5/c1-3-4-7-15-34-20-12-11-17(16-21(20)33-2)23-22-24(31)18-9-5-6-10-19(18)35-25(22)26(32)30(23)27-28-13-8-14-29-27/h5-6,8-14,16,23H,3-4,7,15H2,1-2H3. The van der Waals surface area contributed by atoms with Crippen molar-refractivity contribution in [3.8, 4) is 11.5 Å². The van der Waals surface area contributed by atoms with Gasteiger partial charge in [-0.2, -0.15) is 0 Å². The van der Waals surface area contributed by atoms with Crippen LogP contribution in [-0.4, -0.2) is 29.6 Å². The van der Waals surface area contributed by atoms with Crippen molar-refractivity contribution in [2.24, 2.45) is 0 Å². The van der Waals surface area contributed by atoms with Crippen LogP contribution < -0.4 is 19.8 Å². The SMILES string of the molecule is CCCCCOc1ccc(C2c3c(oc4ccccc4c3=O)C(=O)N2c2ncccn2)cc1OC. The maximum absolute atomic E-state index is 13.6. The van der Waals surface area contributed by atoms with Gasteiger partial charge < -0.3 is 13.9 Å². The van der Waals surface area contributed by atoms with Crippen molar-refractivity contribution in [2.45, 2.75) is 32.2 Å². The molecule has 3 heterocycles. The van der Waals surface area contributed by atoms with Crippen molar-refractivity contribution in [1.29, 1.82) is 0 Å². The van der Waals surface area contributed by atoms with Crippen molar-refractivity contribution in [3.05, 3.63) is 88.0 Å². The number of rotatable bonds is 8. The highest BCUT2D eigenvalue weighted by molar-refractivity contribution is 6.09. The predicted octanol–water partition coefficient (Wildman–Crippen LogP) is 4.91. The Balaban J connectivity index is 1.65. The molecule has 1 atom stereocenters. The van der Waals surface area contributed by atoms with Gasteiger partial charge in [0.05, 0.1) is 30.7 Å². The minimum absolute atomic E-state index is 0.00925. The van der Waals surface area contributed by atoms with Gasteiger partial charge in [0.15, 0.2) is 16.9 Å². The fraction of sp³-hybridized carbons (Fsp3) is 0.259. The molecule has 0 aliphatic carbocycles. The van der Waals surface area contributed by atoms with Crippen molar-refractivity contribution in [2.75, 3.05) is 18.6 Å². The van der Waals surface area contributed by atoms with E-state index in [9.17, 15) is 9.59 Å². The summed E-state index contributed by atoms with van der Waals surface area (Å²) in [6.45, 7) is 2.71. The van der Waals surface area contributed by atoms with Crippen LogP contribution in [0.2, 0.25) is 0 Å². The Kier molecular flexibility index (Phi) is 6.18. The summed E-state index contributed by atoms with van der Waals surface area (Å²) < 4.78 is 17.5. The lowest BCUT2D eigenvalue weighted by Gasteiger charge is -2.23. The van der Waals surface area contributed by atoms with Gasteiger partial charge in [-0.3, -0.25) is 14.5 Å². The van der Waals surface area contributed by atoms with Gasteiger partial charge in [0.1, 0.15) is 5.58 Å². The zero-order valence-corrected chi connectivity index (χ0v) is 19.6. The Morgan fingerprint density at radius 1 is 1.00 bits per heavy atom. The minimum atomic E-state index is -0.788. The van der Waals surface area contributed by atoms with Crippen LogP contribution >= 0.6 is 0 Å². The fourth-order valence-corrected chi connectivity index (χ4v) is 4.36. The van der Waals surface area contributed by atoms with E-state index in [2.05, 4.69) is 16.9 Å². The first kappa shape index (κ1) is 22.6. The topological polar surface area (TPSA) is 94.8 Å². The molecule has 0 fully saturated rings. The molecule has 4 aromatic rings. The minimum Gasteiger partial charge on any atom is -0.493 e. The molecule has 2 aromatic carbocycles. The van der Waals surface area contributed by atoms with Gasteiger partial charge in [-0.15, -0.1) is 0 Å². The zero-order valence-electron chi connectivity index (χ0n) is 19.6. The number of hydrogen-bond acceptors (Lipinski definition) is 7. The molecule has 8 nitrogen and oxygen atoms in total. The Morgan fingerprint density at radius 2 is 1.80 bits per heavy atom. The molecule has 0 N–H and O–H groups in total. The molecule has 178 valence electrons. The van der Waals surface area contributed by atoms with E-state index < -0.39 is 11.9 Å². The molecule has 5 rings (SSSR count). The van der Waals surface area contributed by atoms with Crippen LogP contribution in [-0.2, 0) is 0 Å². The number of unbranched alkanes of at least 4 members (excludes halogenated alkanes) is 2. The van der Waals surface area contributed by atoms with Gasteiger partial charge in [-0.05, 0) is 42.3 Å². The first-order chi connectivity index (χ1) is 17.1. The van der Waals surface area contributed by atoms with Gasteiger partial charge in [0.25, 0.3) is 5.91 Å². The van der Waals surface area contributed by atoms with E-state index >= 15 is 0 Å². The predicted molar refractivity (Wildman–Crippen MR) is 131 cm³/mol. The summed E-state index contributed by atoms with van der Waals surface area (Å²) >= 11 is 0. The van der Waals surface area contributed by atoms with Crippen LogP contribution in [0.5, 0.6) is 11.5 Å². The third kappa shape index (κ3) is 4.01. The number of fused-ring (bicyclic) bond motifs is 2. The van der Waals surface area contributed by atoms with E-state index in [0.29, 0.717) is 34.6 Å². The zero-order chi connectivity index (χ0) is 24.4. The lowest BCUT2D eigenvalue weighted by Crippen LogP contribution is -2.31. The van der Waals surface area contributed by atoms with Crippen molar-refractivity contribution < 1.29 is 18.7 Å². The Hall–Kier alpha value is -4.20. The van der Waals surface area contributed by atoms with Crippen LogP contribution in [0.25, 0.3) is 11.0 Å². The second kappa shape index (κ2) is 9.58. The molecule has 0 saturated carbocycles. The summed E-state index contributed by atoms with van der Waals surface area (Å²) in [4.78, 5) is 37.1. The number of methoxy groups -OCH3 is 1. The van der Waals surface area contributed by atoms with E-state index in [1.54, 1.807) is 62.0 Å². The normalized spacial score (nSPS) is 14.9. The molecule has 0 radical (unpaired) electrons. The van der Waals surface area contributed by atoms with Crippen molar-refractivity contribution in [3.63, 3.8) is 0 Å². The Labute approximate surface area is 202 Å². The highest BCUT2D eigenvalue weighted by Crippen LogP contribution is 2.42. The molecule has 0 spiro atoms. The van der Waals surface area contributed by atoms with Crippen LogP contribution in [0.1, 0.15) is 53.9 Å². The number of para-hydroxylation sites is 1. The number of benzene rings is 2. The Bertz CT molecular complexity index is 1430. The number of carbonyl (C=O) groups is 1. The van der Waals surface area contributed by atoms with Crippen LogP contribution in [0.3, 0.4) is 0 Å². The smallest absolute Gasteiger partial charge is 0.297 e. The molecule has 1 aliphatic heterocycles. The maximum atomic E-state index is 13.6. The van der Waals surface area contributed by atoms with Gasteiger partial charge >= 0.3 is 0 Å². The molecule has 0 bridgehead atoms. The third-order valence-corrected chi connectivity index (χ3v) is 6.05. The van der Waals surface area contributed by atoms with E-state index in [0.717, 1.165) is 19.3 Å². The number of anilines is 1. The summed E-state index contributed by atoms with van der Waals surface area (Å²) in [6.07, 6.45) is 6.23. The van der Waals surface area contributed by atoms with Gasteiger partial charge in [0.2, 0.25) is 11.7 Å². The molecule has 1 unspecified atom stereocenters. The average molecular weight is 472 g/mol. The number of hydrogen-bond donors (Lipinski definition) is 0. The highest BCUT2D eigenvalue weighted by Gasteiger charge is 2.45. The van der Waals surface area contributed by atoms with Crippen LogP contribution in [0.15, 0.2) is 70.1 Å². The second-order valence-corrected chi connectivity index (χ2v) is 8.26. The molecular weight excluding hydrogens is 446 g/mol. The summed E-state index contributed by atoms with van der Waals surface area (Å²) in [5.41, 5.74) is 0.995. The summed E-state index contributed by atoms with van der Waals surface area (Å²) in [7, 11) is 1.56. The largest absolute Gasteiger partial charge is 0.493 e. The van der Waals surface area contributed by atoms with E-state index in [1.165, 1.54) is 4.90 Å². The molecular formula is C27H25N3O5. The van der Waals surface area contributed by atoms with Gasteiger partial charge in [0, 0.05) is 12.4 Å². The lowest BCUT2D eigenvalue weighted by molar-refractivity contribution is 0.0969. The van der Waals surface area contributed by atoms with Gasteiger partial charge in [-0.25, -0.2) is 9.97 Å². The average Bonchev–Trinajstić information content (AvgIpc) is 3.19. The first-order valence-electron chi connectivity index (χ1n) is 11.6. The highest BCUT2D eigenvalue weighted by atomic mass is 16.5. The van der Waals surface area contributed by atoms with E-state index in [1.807, 2.05) is 6.07 Å². The number of aromatic nitrogens is 2. The number of nitrogens with zero attached hydrogens (tertiary/aromatic N) is 3. The second-order valence-electron chi connectivity index (χ2n) is 8.26. The summed E-state index contributed by atoms with van der Waals surface area (Å²) in [5, 5.41) is 0.405. The third-order valence-electron chi connectivity index (χ3n) is 6.05. The number of carbonyl (C=O) groups excluding carboxylic acids is 1. The van der Waals surface area contributed by atoms with Crippen molar-refractivity contribution >= 4 is 22.8 Å². The van der Waals surface area contributed by atoms with E-state index in [4.69, 9.17) is 13.9 Å². The monoisotopic (exact) mass is 471 g/mol. The molecule has 35 heavy (non-hydrogen) atoms. The molecule has 2 aromatic heterocycles. The molecule has 1 amide bonds. The first-order valence-corrected chi connectivity index (χ1v) is 11.6. The number of amides is 1. The Morgan fingerprint density at radius 3 is 2.57 bits per heavy atom. The molecule has 0 saturated heterocycles. The maximum Gasteiger partial charge on any atom is 0.297 e. The quantitative estimate of drug-likeness (QED) is 0.337. The fourth-order valence-electron chi connectivity index (χ4n) is 4.36. The lowest BCUT2D eigenvalue weighted by atomic mass is 9.98. The summed E-state index contributed by atoms with van der Waals surface area (Å²) in [5.74, 6) is 0.808. The van der Waals surface area contributed by atoms with Crippen LogP contribution in [0, 0.1) is 0 Å². The summed E-state index contributed by atoms with van der Waals surface area (Å²) in [6, 6.07) is 13.2. The number of ether oxygens (including phenoxy) is 2. The molecule has 8 heteroatoms. The van der Waals surface area contributed by atoms with Gasteiger partial charge in [-0.1, -0.05) is 38.0 Å². The van der Waals surface area contributed by atoms with Crippen LogP contribution in [0.4, 0.5) is 5.95 Å². The van der Waals surface area contributed by atoms with Crippen molar-refractivity contribution in [1.82, 2.24) is 9.97 Å². The molecule has 1 aliphatic rings.